The number of anilines is 1. The molecule has 1 aliphatic rings. The highest BCUT2D eigenvalue weighted by atomic mass is 19.4. The molecule has 0 saturated heterocycles. The van der Waals surface area contributed by atoms with Crippen molar-refractivity contribution in [1.82, 2.24) is 10.2 Å². The maximum Gasteiger partial charge on any atom is 0.573 e. The number of alkyl halides is 3. The van der Waals surface area contributed by atoms with E-state index in [4.69, 9.17) is 5.11 Å². The molecule has 2 aromatic carbocycles. The number of aliphatic carboxylic acids is 1. The molecule has 0 bridgehead atoms. The monoisotopic (exact) mass is 547 g/mol. The normalized spacial score (nSPS) is 15.3. The minimum absolute atomic E-state index is 0.0164. The largest absolute Gasteiger partial charge is 0.573 e. The molecule has 0 atom stereocenters. The summed E-state index contributed by atoms with van der Waals surface area (Å²) in [6.45, 7) is 4.43. The summed E-state index contributed by atoms with van der Waals surface area (Å²) in [5, 5.41) is 14.0. The molecule has 3 amide bonds. The van der Waals surface area contributed by atoms with Crippen molar-refractivity contribution in [2.24, 2.45) is 0 Å². The number of carbonyl (C=O) groups is 3. The number of allylic oxidation sites excluding steroid dienone is 2. The topological polar surface area (TPSA) is 108 Å². The molecule has 2 aromatic rings. The molecule has 39 heavy (non-hydrogen) atoms. The summed E-state index contributed by atoms with van der Waals surface area (Å²) < 4.78 is 41.3. The second-order valence-electron chi connectivity index (χ2n) is 9.56. The molecule has 8 nitrogen and oxygen atoms in total. The average Bonchev–Trinajstić information content (AvgIpc) is 2.87. The summed E-state index contributed by atoms with van der Waals surface area (Å²) in [4.78, 5) is 38.0. The Balaban J connectivity index is 1.72. The van der Waals surface area contributed by atoms with E-state index in [-0.39, 0.29) is 37.3 Å². The van der Waals surface area contributed by atoms with Crippen LogP contribution in [0.25, 0.3) is 0 Å². The zero-order valence-corrected chi connectivity index (χ0v) is 21.8. The van der Waals surface area contributed by atoms with Crippen molar-refractivity contribution in [3.63, 3.8) is 0 Å². The highest BCUT2D eigenvalue weighted by Gasteiger charge is 2.31. The highest BCUT2D eigenvalue weighted by molar-refractivity contribution is 5.94. The van der Waals surface area contributed by atoms with Crippen molar-refractivity contribution in [2.75, 3.05) is 11.9 Å². The molecule has 1 aliphatic carbocycles. The van der Waals surface area contributed by atoms with Crippen molar-refractivity contribution in [3.8, 4) is 5.75 Å². The molecular weight excluding hydrogens is 515 g/mol. The predicted molar refractivity (Wildman–Crippen MR) is 139 cm³/mol. The number of nitrogens with zero attached hydrogens (tertiary/aromatic N) is 1. The van der Waals surface area contributed by atoms with Crippen LogP contribution in [0.2, 0.25) is 0 Å². The summed E-state index contributed by atoms with van der Waals surface area (Å²) >= 11 is 0. The van der Waals surface area contributed by atoms with Crippen LogP contribution < -0.4 is 15.4 Å². The van der Waals surface area contributed by atoms with E-state index in [1.54, 1.807) is 29.2 Å². The Labute approximate surface area is 224 Å². The van der Waals surface area contributed by atoms with E-state index in [1.807, 2.05) is 0 Å². The second-order valence-corrected chi connectivity index (χ2v) is 9.56. The minimum Gasteiger partial charge on any atom is -0.481 e. The highest BCUT2D eigenvalue weighted by Crippen LogP contribution is 2.31. The number of halogens is 3. The van der Waals surface area contributed by atoms with Gasteiger partial charge in [-0.15, -0.1) is 13.2 Å². The van der Waals surface area contributed by atoms with Crippen molar-refractivity contribution in [2.45, 2.75) is 64.9 Å². The molecule has 1 fully saturated rings. The number of hydrogen-bond acceptors (Lipinski definition) is 4. The average molecular weight is 548 g/mol. The number of hydrogen-bond donors (Lipinski definition) is 3. The van der Waals surface area contributed by atoms with Crippen molar-refractivity contribution in [1.29, 1.82) is 0 Å². The van der Waals surface area contributed by atoms with Gasteiger partial charge < -0.3 is 25.4 Å². The smallest absolute Gasteiger partial charge is 0.481 e. The fourth-order valence-electron chi connectivity index (χ4n) is 4.41. The molecular formula is C28H32F3N3O5. The van der Waals surface area contributed by atoms with E-state index in [1.165, 1.54) is 23.3 Å². The van der Waals surface area contributed by atoms with E-state index in [9.17, 15) is 27.6 Å². The zero-order valence-electron chi connectivity index (χ0n) is 21.8. The minimum atomic E-state index is -4.80. The second kappa shape index (κ2) is 13.2. The Morgan fingerprint density at radius 3 is 2.15 bits per heavy atom. The Morgan fingerprint density at radius 1 is 1.00 bits per heavy atom. The SMILES string of the molecule is CC(C)=C1CCC(N(Cc2ccc(C(=O)NCCC(=O)O)cc2)C(=O)Nc2ccc(OC(F)(F)F)cc2)CC1. The molecule has 0 radical (unpaired) electrons. The fraction of sp³-hybridized carbons (Fsp3) is 0.393. The first kappa shape index (κ1) is 29.5. The Hall–Kier alpha value is -4.02. The standard InChI is InChI=1S/C28H32F3N3O5/c1-18(2)20-7-11-23(12-8-20)34(27(38)33-22-9-13-24(14-10-22)39-28(29,30)31)17-19-3-5-21(6-4-19)26(37)32-16-15-25(35)36/h3-6,9-10,13-14,23H,7-8,11-12,15-17H2,1-2H3,(H,32,37)(H,33,38)(H,35,36). The maximum absolute atomic E-state index is 13.4. The van der Waals surface area contributed by atoms with Crippen LogP contribution in [-0.2, 0) is 11.3 Å². The predicted octanol–water partition coefficient (Wildman–Crippen LogP) is 6.10. The van der Waals surface area contributed by atoms with Crippen molar-refractivity contribution < 1.29 is 37.4 Å². The van der Waals surface area contributed by atoms with Crippen LogP contribution in [0.5, 0.6) is 5.75 Å². The van der Waals surface area contributed by atoms with Gasteiger partial charge in [0.2, 0.25) is 0 Å². The third-order valence-electron chi connectivity index (χ3n) is 6.50. The molecule has 210 valence electrons. The molecule has 0 aliphatic heterocycles. The van der Waals surface area contributed by atoms with E-state index in [2.05, 4.69) is 29.2 Å². The van der Waals surface area contributed by atoms with Crippen LogP contribution in [0.15, 0.2) is 59.7 Å². The van der Waals surface area contributed by atoms with Gasteiger partial charge in [-0.05, 0) is 81.5 Å². The lowest BCUT2D eigenvalue weighted by Crippen LogP contribution is -2.43. The Morgan fingerprint density at radius 2 is 1.62 bits per heavy atom. The molecule has 11 heteroatoms. The summed E-state index contributed by atoms with van der Waals surface area (Å²) in [6.07, 6.45) is -1.69. The van der Waals surface area contributed by atoms with Crippen molar-refractivity contribution >= 4 is 23.6 Å². The Bertz CT molecular complexity index is 1180. The Kier molecular flexibility index (Phi) is 9.97. The quantitative estimate of drug-likeness (QED) is 0.329. The van der Waals surface area contributed by atoms with Crippen molar-refractivity contribution in [3.05, 3.63) is 70.8 Å². The van der Waals surface area contributed by atoms with Gasteiger partial charge in [-0.25, -0.2) is 4.79 Å². The number of rotatable bonds is 9. The molecule has 0 heterocycles. The van der Waals surface area contributed by atoms with Crippen LogP contribution in [-0.4, -0.2) is 46.9 Å². The van der Waals surface area contributed by atoms with E-state index in [0.29, 0.717) is 11.3 Å². The number of carbonyl (C=O) groups excluding carboxylic acids is 2. The van der Waals surface area contributed by atoms with Gasteiger partial charge in [0.15, 0.2) is 0 Å². The fourth-order valence-corrected chi connectivity index (χ4v) is 4.41. The molecule has 3 rings (SSSR count). The first-order valence-electron chi connectivity index (χ1n) is 12.6. The summed E-state index contributed by atoms with van der Waals surface area (Å²) in [6, 6.07) is 11.2. The van der Waals surface area contributed by atoms with Crippen LogP contribution in [0.3, 0.4) is 0 Å². The third kappa shape index (κ3) is 9.35. The van der Waals surface area contributed by atoms with Gasteiger partial charge in [0.25, 0.3) is 5.91 Å². The molecule has 3 N–H and O–H groups in total. The van der Waals surface area contributed by atoms with Crippen LogP contribution in [0.1, 0.15) is 61.9 Å². The van der Waals surface area contributed by atoms with Gasteiger partial charge in [0, 0.05) is 30.4 Å². The first-order valence-corrected chi connectivity index (χ1v) is 12.6. The van der Waals surface area contributed by atoms with Gasteiger partial charge >= 0.3 is 18.4 Å². The number of urea groups is 1. The number of benzene rings is 2. The van der Waals surface area contributed by atoms with E-state index < -0.39 is 18.2 Å². The lowest BCUT2D eigenvalue weighted by Gasteiger charge is -2.35. The van der Waals surface area contributed by atoms with E-state index in [0.717, 1.165) is 43.4 Å². The number of nitrogens with one attached hydrogen (secondary N) is 2. The summed E-state index contributed by atoms with van der Waals surface area (Å²) in [5.41, 5.74) is 4.14. The van der Waals surface area contributed by atoms with Crippen LogP contribution in [0.4, 0.5) is 23.7 Å². The van der Waals surface area contributed by atoms with Crippen LogP contribution in [0, 0.1) is 0 Å². The number of carboxylic acid groups (broad SMARTS) is 1. The maximum atomic E-state index is 13.4. The van der Waals surface area contributed by atoms with Gasteiger partial charge in [-0.3, -0.25) is 9.59 Å². The number of carboxylic acids is 1. The van der Waals surface area contributed by atoms with Gasteiger partial charge in [0.05, 0.1) is 6.42 Å². The summed E-state index contributed by atoms with van der Waals surface area (Å²) in [5.74, 6) is -1.78. The third-order valence-corrected chi connectivity index (χ3v) is 6.50. The molecule has 1 saturated carbocycles. The van der Waals surface area contributed by atoms with E-state index >= 15 is 0 Å². The number of ether oxygens (including phenoxy) is 1. The zero-order chi connectivity index (χ0) is 28.6. The lowest BCUT2D eigenvalue weighted by molar-refractivity contribution is -0.274. The number of amides is 3. The molecule has 0 aromatic heterocycles. The van der Waals surface area contributed by atoms with Gasteiger partial charge in [0.1, 0.15) is 5.75 Å². The first-order chi connectivity index (χ1) is 18.4. The van der Waals surface area contributed by atoms with Gasteiger partial charge in [-0.2, -0.15) is 0 Å². The summed E-state index contributed by atoms with van der Waals surface area (Å²) in [7, 11) is 0. The van der Waals surface area contributed by atoms with Gasteiger partial charge in [-0.1, -0.05) is 23.3 Å². The van der Waals surface area contributed by atoms with Crippen LogP contribution >= 0.6 is 0 Å². The molecule has 0 spiro atoms. The molecule has 0 unspecified atom stereocenters. The lowest BCUT2D eigenvalue weighted by atomic mass is 9.87.